The molecule has 0 saturated heterocycles. The molecule has 0 spiro atoms. The Morgan fingerprint density at radius 2 is 1.77 bits per heavy atom. The Morgan fingerprint density at radius 3 is 2.46 bits per heavy atom. The average Bonchev–Trinajstić information content (AvgIpc) is 3.09. The minimum Gasteiger partial charge on any atom is -0.451 e. The Balaban J connectivity index is 1.85. The number of carbonyl (C=O) groups excluding carboxylic acids is 1. The van der Waals surface area contributed by atoms with Crippen molar-refractivity contribution in [3.63, 3.8) is 0 Å². The van der Waals surface area contributed by atoms with E-state index in [9.17, 15) is 14.9 Å². The van der Waals surface area contributed by atoms with Gasteiger partial charge >= 0.3 is 0 Å². The van der Waals surface area contributed by atoms with E-state index in [2.05, 4.69) is 5.32 Å². The van der Waals surface area contributed by atoms with Gasteiger partial charge in [0.05, 0.1) is 15.0 Å². The number of amides is 1. The Hall–Kier alpha value is -2.54. The molecule has 0 saturated carbocycles. The van der Waals surface area contributed by atoms with Crippen LogP contribution in [0.3, 0.4) is 0 Å². The lowest BCUT2D eigenvalue weighted by Crippen LogP contribution is -2.12. The quantitative estimate of drug-likeness (QED) is 0.417. The van der Waals surface area contributed by atoms with Gasteiger partial charge in [-0.05, 0) is 42.5 Å². The van der Waals surface area contributed by atoms with Crippen molar-refractivity contribution in [2.45, 2.75) is 0 Å². The van der Waals surface area contributed by atoms with Crippen LogP contribution in [-0.2, 0) is 0 Å². The molecule has 0 radical (unpaired) electrons. The number of furan rings is 1. The van der Waals surface area contributed by atoms with Crippen molar-refractivity contribution in [1.29, 1.82) is 0 Å². The van der Waals surface area contributed by atoms with Crippen LogP contribution >= 0.6 is 34.8 Å². The van der Waals surface area contributed by atoms with Crippen LogP contribution in [0, 0.1) is 10.1 Å². The molecule has 0 fully saturated rings. The van der Waals surface area contributed by atoms with E-state index in [1.54, 1.807) is 24.3 Å². The number of benzene rings is 2. The molecule has 0 aliphatic rings. The van der Waals surface area contributed by atoms with E-state index in [0.29, 0.717) is 21.4 Å². The van der Waals surface area contributed by atoms with E-state index in [4.69, 9.17) is 39.2 Å². The molecule has 0 unspecified atom stereocenters. The zero-order chi connectivity index (χ0) is 18.8. The molecule has 1 amide bonds. The van der Waals surface area contributed by atoms with Gasteiger partial charge < -0.3 is 9.73 Å². The van der Waals surface area contributed by atoms with E-state index < -0.39 is 10.8 Å². The van der Waals surface area contributed by atoms with Gasteiger partial charge in [0.25, 0.3) is 11.6 Å². The number of halogens is 3. The van der Waals surface area contributed by atoms with Crippen molar-refractivity contribution in [3.05, 3.63) is 79.5 Å². The maximum atomic E-state index is 12.3. The molecule has 132 valence electrons. The molecule has 1 N–H and O–H groups in total. The molecule has 0 atom stereocenters. The summed E-state index contributed by atoms with van der Waals surface area (Å²) in [4.78, 5) is 22.8. The van der Waals surface area contributed by atoms with Crippen LogP contribution in [0.15, 0.2) is 52.9 Å². The van der Waals surface area contributed by atoms with Gasteiger partial charge in [-0.15, -0.1) is 0 Å². The van der Waals surface area contributed by atoms with Crippen LogP contribution in [0.25, 0.3) is 11.3 Å². The standard InChI is InChI=1S/C17H9Cl3N2O4/c18-10-2-4-13(14(8-10)22(24)25)21-17(23)16-6-5-15(26-16)9-1-3-11(19)12(20)7-9/h1-8H,(H,21,23). The lowest BCUT2D eigenvalue weighted by atomic mass is 10.2. The number of hydrogen-bond acceptors (Lipinski definition) is 4. The molecule has 6 nitrogen and oxygen atoms in total. The highest BCUT2D eigenvalue weighted by atomic mass is 35.5. The second kappa shape index (κ2) is 7.37. The summed E-state index contributed by atoms with van der Waals surface area (Å²) in [7, 11) is 0. The van der Waals surface area contributed by atoms with Crippen molar-refractivity contribution in [3.8, 4) is 11.3 Å². The number of nitrogens with zero attached hydrogens (tertiary/aromatic N) is 1. The number of nitro groups is 1. The topological polar surface area (TPSA) is 85.4 Å². The molecule has 0 bridgehead atoms. The minimum atomic E-state index is -0.637. The summed E-state index contributed by atoms with van der Waals surface area (Å²) in [5.41, 5.74) is 0.329. The van der Waals surface area contributed by atoms with Gasteiger partial charge in [-0.25, -0.2) is 0 Å². The second-order valence-corrected chi connectivity index (χ2v) is 6.42. The number of hydrogen-bond donors (Lipinski definition) is 1. The van der Waals surface area contributed by atoms with Crippen LogP contribution in [0.4, 0.5) is 11.4 Å². The number of carbonyl (C=O) groups is 1. The van der Waals surface area contributed by atoms with Gasteiger partial charge in [0.2, 0.25) is 0 Å². The molecule has 0 aliphatic heterocycles. The highest BCUT2D eigenvalue weighted by Gasteiger charge is 2.19. The van der Waals surface area contributed by atoms with Crippen molar-refractivity contribution in [2.24, 2.45) is 0 Å². The molecule has 0 aliphatic carbocycles. The van der Waals surface area contributed by atoms with E-state index in [1.807, 2.05) is 0 Å². The van der Waals surface area contributed by atoms with E-state index in [-0.39, 0.29) is 22.2 Å². The predicted molar refractivity (Wildman–Crippen MR) is 100 cm³/mol. The Labute approximate surface area is 162 Å². The lowest BCUT2D eigenvalue weighted by Gasteiger charge is -2.05. The average molecular weight is 412 g/mol. The first-order chi connectivity index (χ1) is 12.3. The molecule has 2 aromatic carbocycles. The van der Waals surface area contributed by atoms with E-state index >= 15 is 0 Å². The fourth-order valence-corrected chi connectivity index (χ4v) is 2.67. The first-order valence-electron chi connectivity index (χ1n) is 7.15. The van der Waals surface area contributed by atoms with Gasteiger partial charge in [0.15, 0.2) is 5.76 Å². The van der Waals surface area contributed by atoms with Crippen LogP contribution in [-0.4, -0.2) is 10.8 Å². The van der Waals surface area contributed by atoms with Gasteiger partial charge in [0, 0.05) is 16.7 Å². The molecule has 9 heteroatoms. The van der Waals surface area contributed by atoms with Crippen molar-refractivity contribution >= 4 is 52.1 Å². The fraction of sp³-hybridized carbons (Fsp3) is 0. The summed E-state index contributed by atoms with van der Waals surface area (Å²) < 4.78 is 5.51. The summed E-state index contributed by atoms with van der Waals surface area (Å²) in [6.45, 7) is 0. The van der Waals surface area contributed by atoms with Crippen LogP contribution in [0.5, 0.6) is 0 Å². The normalized spacial score (nSPS) is 10.6. The van der Waals surface area contributed by atoms with Crippen LogP contribution < -0.4 is 5.32 Å². The Morgan fingerprint density at radius 1 is 1.00 bits per heavy atom. The van der Waals surface area contributed by atoms with Crippen molar-refractivity contribution in [2.75, 3.05) is 5.32 Å². The molecular formula is C17H9Cl3N2O4. The zero-order valence-corrected chi connectivity index (χ0v) is 15.1. The lowest BCUT2D eigenvalue weighted by molar-refractivity contribution is -0.383. The number of nitrogens with one attached hydrogen (secondary N) is 1. The fourth-order valence-electron chi connectivity index (χ4n) is 2.21. The minimum absolute atomic E-state index is 0.0110. The van der Waals surface area contributed by atoms with E-state index in [0.717, 1.165) is 6.07 Å². The smallest absolute Gasteiger partial charge is 0.294 e. The summed E-state index contributed by atoms with van der Waals surface area (Å²) in [5, 5.41) is 14.5. The second-order valence-electron chi connectivity index (χ2n) is 5.17. The van der Waals surface area contributed by atoms with Gasteiger partial charge in [0.1, 0.15) is 11.4 Å². The molecule has 3 aromatic rings. The molecular weight excluding hydrogens is 403 g/mol. The summed E-state index contributed by atoms with van der Waals surface area (Å²) in [6.07, 6.45) is 0. The maximum absolute atomic E-state index is 12.3. The van der Waals surface area contributed by atoms with Crippen LogP contribution in [0.1, 0.15) is 10.6 Å². The summed E-state index contributed by atoms with van der Waals surface area (Å²) >= 11 is 17.6. The highest BCUT2D eigenvalue weighted by molar-refractivity contribution is 6.42. The largest absolute Gasteiger partial charge is 0.451 e. The predicted octanol–water partition coefficient (Wildman–Crippen LogP) is 6.07. The number of nitro benzene ring substituents is 1. The summed E-state index contributed by atoms with van der Waals surface area (Å²) in [5.74, 6) is -0.253. The van der Waals surface area contributed by atoms with Crippen molar-refractivity contribution in [1.82, 2.24) is 0 Å². The SMILES string of the molecule is O=C(Nc1ccc(Cl)cc1[N+](=O)[O-])c1ccc(-c2ccc(Cl)c(Cl)c2)o1. The monoisotopic (exact) mass is 410 g/mol. The molecule has 1 heterocycles. The highest BCUT2D eigenvalue weighted by Crippen LogP contribution is 2.31. The van der Waals surface area contributed by atoms with Crippen LogP contribution in [0.2, 0.25) is 15.1 Å². The third-order valence-corrected chi connectivity index (χ3v) is 4.41. The molecule has 3 rings (SSSR count). The first kappa shape index (κ1) is 18.3. The summed E-state index contributed by atoms with van der Waals surface area (Å²) in [6, 6.07) is 11.9. The maximum Gasteiger partial charge on any atom is 0.294 e. The molecule has 26 heavy (non-hydrogen) atoms. The zero-order valence-electron chi connectivity index (χ0n) is 12.8. The molecule has 1 aromatic heterocycles. The number of anilines is 1. The third kappa shape index (κ3) is 3.83. The van der Waals surface area contributed by atoms with Crippen molar-refractivity contribution < 1.29 is 14.1 Å². The number of rotatable bonds is 4. The van der Waals surface area contributed by atoms with Gasteiger partial charge in [-0.3, -0.25) is 14.9 Å². The Bertz CT molecular complexity index is 1020. The van der Waals surface area contributed by atoms with E-state index in [1.165, 1.54) is 18.2 Å². The third-order valence-electron chi connectivity index (χ3n) is 3.44. The Kier molecular flexibility index (Phi) is 5.18. The van der Waals surface area contributed by atoms with Gasteiger partial charge in [-0.1, -0.05) is 34.8 Å². The van der Waals surface area contributed by atoms with Gasteiger partial charge in [-0.2, -0.15) is 0 Å². The first-order valence-corrected chi connectivity index (χ1v) is 8.29.